The fraction of sp³-hybridized carbons (Fsp3) is 0.600. The van der Waals surface area contributed by atoms with E-state index in [9.17, 15) is 23.1 Å². The second kappa shape index (κ2) is 9.67. The van der Waals surface area contributed by atoms with Crippen molar-refractivity contribution >= 4 is 5.97 Å². The molecule has 0 bridgehead atoms. The highest BCUT2D eigenvalue weighted by Gasteiger charge is 2.41. The maximum Gasteiger partial charge on any atom is 0.435 e. The molecule has 7 heteroatoms. The second-order valence-corrected chi connectivity index (χ2v) is 9.56. The number of carboxylic acids is 1. The Morgan fingerprint density at radius 2 is 1.47 bits per heavy atom. The molecule has 1 heterocycles. The lowest BCUT2D eigenvalue weighted by molar-refractivity contribution is -0.146. The van der Waals surface area contributed by atoms with Crippen LogP contribution >= 0.6 is 0 Å². The molecule has 1 aromatic heterocycles. The number of halogens is 3. The molecule has 32 heavy (non-hydrogen) atoms. The van der Waals surface area contributed by atoms with Crippen molar-refractivity contribution in [1.82, 2.24) is 9.78 Å². The van der Waals surface area contributed by atoms with E-state index in [1.165, 1.54) is 0 Å². The van der Waals surface area contributed by atoms with E-state index in [0.717, 1.165) is 24.0 Å². The number of carbonyl (C=O) groups is 1. The molecule has 2 aromatic rings. The Balaban J connectivity index is 0.00000176. The first-order valence-corrected chi connectivity index (χ1v) is 11.3. The van der Waals surface area contributed by atoms with Gasteiger partial charge in [0, 0.05) is 11.3 Å². The van der Waals surface area contributed by atoms with E-state index in [1.54, 1.807) is 18.5 Å². The highest BCUT2D eigenvalue weighted by atomic mass is 19.4. The highest BCUT2D eigenvalue weighted by Crippen LogP contribution is 2.38. The number of aromatic nitrogens is 2. The lowest BCUT2D eigenvalue weighted by atomic mass is 9.85. The molecule has 0 amide bonds. The van der Waals surface area contributed by atoms with Crippen LogP contribution in [0.2, 0.25) is 0 Å². The lowest BCUT2D eigenvalue weighted by Gasteiger charge is -2.29. The van der Waals surface area contributed by atoms with Crippen LogP contribution in [0.3, 0.4) is 0 Å². The van der Waals surface area contributed by atoms with Crippen molar-refractivity contribution < 1.29 is 23.1 Å². The first-order valence-electron chi connectivity index (χ1n) is 11.3. The molecule has 0 atom stereocenters. The van der Waals surface area contributed by atoms with Crippen LogP contribution in [0.4, 0.5) is 13.2 Å². The summed E-state index contributed by atoms with van der Waals surface area (Å²) in [6.07, 6.45) is -0.828. The zero-order chi connectivity index (χ0) is 24.3. The van der Waals surface area contributed by atoms with Crippen molar-refractivity contribution in [3.63, 3.8) is 0 Å². The first-order chi connectivity index (χ1) is 14.8. The van der Waals surface area contributed by atoms with Crippen LogP contribution in [0, 0.1) is 5.41 Å². The van der Waals surface area contributed by atoms with Gasteiger partial charge in [-0.15, -0.1) is 0 Å². The van der Waals surface area contributed by atoms with Gasteiger partial charge >= 0.3 is 12.1 Å². The van der Waals surface area contributed by atoms with Crippen LogP contribution in [-0.4, -0.2) is 20.9 Å². The molecule has 0 aliphatic heterocycles. The molecule has 0 saturated heterocycles. The molecule has 4 nitrogen and oxygen atoms in total. The van der Waals surface area contributed by atoms with Crippen LogP contribution in [0.25, 0.3) is 0 Å². The van der Waals surface area contributed by atoms with Crippen molar-refractivity contribution in [2.45, 2.75) is 91.8 Å². The highest BCUT2D eigenvalue weighted by molar-refractivity contribution is 5.74. The molecular weight excluding hydrogens is 417 g/mol. The van der Waals surface area contributed by atoms with E-state index in [1.807, 2.05) is 52.0 Å². The minimum atomic E-state index is -4.44. The zero-order valence-corrected chi connectivity index (χ0v) is 19.9. The van der Waals surface area contributed by atoms with E-state index in [2.05, 4.69) is 5.10 Å². The molecule has 1 aromatic carbocycles. The van der Waals surface area contributed by atoms with Gasteiger partial charge in [-0.3, -0.25) is 9.48 Å². The Kier molecular flexibility index (Phi) is 7.84. The van der Waals surface area contributed by atoms with Crippen LogP contribution < -0.4 is 0 Å². The number of benzene rings is 1. The fourth-order valence-electron chi connectivity index (χ4n) is 4.26. The van der Waals surface area contributed by atoms with Gasteiger partial charge in [0.2, 0.25) is 0 Å². The molecule has 1 aliphatic carbocycles. The third-order valence-electron chi connectivity index (χ3n) is 5.91. The molecular formula is C25H35F3N2O2. The first kappa shape index (κ1) is 25.9. The van der Waals surface area contributed by atoms with Crippen LogP contribution in [0.15, 0.2) is 24.3 Å². The number of nitrogens with zero attached hydrogens (tertiary/aromatic N) is 2. The quantitative estimate of drug-likeness (QED) is 0.549. The Labute approximate surface area is 188 Å². The normalized spacial score (nSPS) is 14.4. The van der Waals surface area contributed by atoms with Crippen LogP contribution in [0.5, 0.6) is 0 Å². The third kappa shape index (κ3) is 5.73. The molecule has 1 N–H and O–H groups in total. The van der Waals surface area contributed by atoms with Crippen molar-refractivity contribution in [3.8, 4) is 0 Å². The molecule has 0 radical (unpaired) electrons. The summed E-state index contributed by atoms with van der Waals surface area (Å²) in [4.78, 5) is 11.3. The van der Waals surface area contributed by atoms with Crippen molar-refractivity contribution in [3.05, 3.63) is 52.3 Å². The minimum absolute atomic E-state index is 0.355. The van der Waals surface area contributed by atoms with Crippen molar-refractivity contribution in [2.75, 3.05) is 0 Å². The molecule has 0 fully saturated rings. The predicted octanol–water partition coefficient (Wildman–Crippen LogP) is 6.44. The fourth-order valence-corrected chi connectivity index (χ4v) is 4.26. The smallest absolute Gasteiger partial charge is 0.435 e. The van der Waals surface area contributed by atoms with Gasteiger partial charge in [-0.25, -0.2) is 0 Å². The van der Waals surface area contributed by atoms with Gasteiger partial charge in [0.05, 0.1) is 11.0 Å². The summed E-state index contributed by atoms with van der Waals surface area (Å²) in [6.45, 7) is 11.2. The molecule has 0 saturated carbocycles. The van der Waals surface area contributed by atoms with Gasteiger partial charge in [0.15, 0.2) is 5.69 Å². The van der Waals surface area contributed by atoms with Gasteiger partial charge in [-0.05, 0) is 77.3 Å². The number of aliphatic carboxylic acids is 1. The Hall–Kier alpha value is -2.31. The number of carboxylic acid groups (broad SMARTS) is 1. The van der Waals surface area contributed by atoms with Crippen molar-refractivity contribution in [1.29, 1.82) is 0 Å². The molecule has 1 aliphatic rings. The number of alkyl halides is 3. The summed E-state index contributed by atoms with van der Waals surface area (Å²) in [5.74, 6) is -0.850. The van der Waals surface area contributed by atoms with Gasteiger partial charge in [0.25, 0.3) is 0 Å². The minimum Gasteiger partial charge on any atom is -0.481 e. The van der Waals surface area contributed by atoms with Gasteiger partial charge in [-0.2, -0.15) is 18.3 Å². The molecule has 0 unspecified atom stereocenters. The number of hydrogen-bond acceptors (Lipinski definition) is 2. The summed E-state index contributed by atoms with van der Waals surface area (Å²) in [7, 11) is 0. The summed E-state index contributed by atoms with van der Waals surface area (Å²) < 4.78 is 42.2. The average Bonchev–Trinajstić information content (AvgIpc) is 3.12. The van der Waals surface area contributed by atoms with E-state index in [4.69, 9.17) is 0 Å². The van der Waals surface area contributed by atoms with Crippen molar-refractivity contribution in [2.24, 2.45) is 5.41 Å². The Morgan fingerprint density at radius 1 is 0.969 bits per heavy atom. The van der Waals surface area contributed by atoms with E-state index >= 15 is 0 Å². The topological polar surface area (TPSA) is 55.1 Å². The van der Waals surface area contributed by atoms with E-state index in [-0.39, 0.29) is 0 Å². The van der Waals surface area contributed by atoms with Crippen LogP contribution in [0.1, 0.15) is 82.5 Å². The van der Waals surface area contributed by atoms with Gasteiger partial charge < -0.3 is 5.11 Å². The monoisotopic (exact) mass is 452 g/mol. The standard InChI is InChI=1S/C23H29F3N2O2.C2H6/c1-21(2,20(29)30)13-15-9-11-16(12-10-15)14-22(3,4)28-18-8-6-5-7-17(18)19(27-28)23(24,25)26;1-2/h9-12H,5-8,13-14H2,1-4H3,(H,29,30);1-2H3. The Bertz CT molecular complexity index is 926. The second-order valence-electron chi connectivity index (χ2n) is 9.56. The Morgan fingerprint density at radius 3 is 1.97 bits per heavy atom. The number of rotatable bonds is 6. The third-order valence-corrected chi connectivity index (χ3v) is 5.91. The largest absolute Gasteiger partial charge is 0.481 e. The van der Waals surface area contributed by atoms with E-state index in [0.29, 0.717) is 36.9 Å². The van der Waals surface area contributed by atoms with E-state index < -0.39 is 28.8 Å². The summed E-state index contributed by atoms with van der Waals surface area (Å²) in [6, 6.07) is 7.65. The predicted molar refractivity (Wildman–Crippen MR) is 120 cm³/mol. The summed E-state index contributed by atoms with van der Waals surface area (Å²) >= 11 is 0. The molecule has 3 rings (SSSR count). The summed E-state index contributed by atoms with van der Waals surface area (Å²) in [5, 5.41) is 13.3. The van der Waals surface area contributed by atoms with Crippen LogP contribution in [-0.2, 0) is 42.2 Å². The lowest BCUT2D eigenvalue weighted by Crippen LogP contribution is -2.32. The van der Waals surface area contributed by atoms with Gasteiger partial charge in [0.1, 0.15) is 0 Å². The maximum absolute atomic E-state index is 13.5. The molecule has 0 spiro atoms. The average molecular weight is 453 g/mol. The maximum atomic E-state index is 13.5. The molecule has 178 valence electrons. The number of fused-ring (bicyclic) bond motifs is 1. The summed E-state index contributed by atoms with van der Waals surface area (Å²) in [5.41, 5.74) is 0.739. The number of hydrogen-bond donors (Lipinski definition) is 1. The van der Waals surface area contributed by atoms with Gasteiger partial charge in [-0.1, -0.05) is 38.1 Å². The SMILES string of the molecule is CC.CC(C)(Cc1ccc(CC(C)(C)n2nc(C(F)(F)F)c3c2CCCC3)cc1)C(=O)O. The zero-order valence-electron chi connectivity index (χ0n) is 19.9.